The standard InChI is InChI=1S/C14H14BrN3/c15-10-1-6-14-13(9-10)17-7-8-18(14)12-4-2-11(16)3-5-12/h1-6,9,17H,7-8,16H2. The first-order valence-corrected chi connectivity index (χ1v) is 6.70. The van der Waals surface area contributed by atoms with Gasteiger partial charge in [-0.3, -0.25) is 0 Å². The van der Waals surface area contributed by atoms with E-state index < -0.39 is 0 Å². The number of hydrogen-bond donors (Lipinski definition) is 2. The van der Waals surface area contributed by atoms with Crippen LogP contribution in [0.5, 0.6) is 0 Å². The first-order chi connectivity index (χ1) is 8.74. The molecule has 0 aliphatic carbocycles. The van der Waals surface area contributed by atoms with Crippen molar-refractivity contribution >= 4 is 38.7 Å². The van der Waals surface area contributed by atoms with Gasteiger partial charge in [0.05, 0.1) is 11.4 Å². The molecule has 2 aromatic rings. The average Bonchev–Trinajstić information content (AvgIpc) is 2.38. The van der Waals surface area contributed by atoms with Gasteiger partial charge < -0.3 is 16.0 Å². The zero-order valence-corrected chi connectivity index (χ0v) is 11.4. The molecule has 0 radical (unpaired) electrons. The minimum absolute atomic E-state index is 0.796. The lowest BCUT2D eigenvalue weighted by Crippen LogP contribution is -2.30. The van der Waals surface area contributed by atoms with Gasteiger partial charge in [-0.2, -0.15) is 0 Å². The summed E-state index contributed by atoms with van der Waals surface area (Å²) in [5, 5.41) is 3.42. The van der Waals surface area contributed by atoms with E-state index >= 15 is 0 Å². The minimum Gasteiger partial charge on any atom is -0.399 e. The maximum atomic E-state index is 5.73. The number of rotatable bonds is 1. The van der Waals surface area contributed by atoms with Crippen molar-refractivity contribution in [3.05, 3.63) is 46.9 Å². The van der Waals surface area contributed by atoms with E-state index in [2.05, 4.69) is 56.5 Å². The fraction of sp³-hybridized carbons (Fsp3) is 0.143. The lowest BCUT2D eigenvalue weighted by atomic mass is 10.1. The Labute approximate surface area is 115 Å². The second-order valence-electron chi connectivity index (χ2n) is 4.33. The highest BCUT2D eigenvalue weighted by Crippen LogP contribution is 2.36. The second kappa shape index (κ2) is 4.53. The Morgan fingerprint density at radius 1 is 1.11 bits per heavy atom. The Balaban J connectivity index is 2.03. The van der Waals surface area contributed by atoms with Gasteiger partial charge in [0.15, 0.2) is 0 Å². The monoisotopic (exact) mass is 303 g/mol. The molecule has 0 atom stereocenters. The van der Waals surface area contributed by atoms with E-state index in [4.69, 9.17) is 5.73 Å². The predicted octanol–water partition coefficient (Wildman–Crippen LogP) is 3.59. The first-order valence-electron chi connectivity index (χ1n) is 5.90. The summed E-state index contributed by atoms with van der Waals surface area (Å²) < 4.78 is 1.09. The smallest absolute Gasteiger partial charge is 0.0647 e. The molecule has 4 heteroatoms. The molecule has 2 aromatic carbocycles. The number of anilines is 4. The molecule has 0 saturated heterocycles. The summed E-state index contributed by atoms with van der Waals surface area (Å²) in [6.45, 7) is 1.90. The molecule has 0 unspecified atom stereocenters. The number of halogens is 1. The highest BCUT2D eigenvalue weighted by Gasteiger charge is 2.17. The zero-order chi connectivity index (χ0) is 12.5. The Morgan fingerprint density at radius 3 is 2.67 bits per heavy atom. The van der Waals surface area contributed by atoms with Crippen LogP contribution in [-0.4, -0.2) is 13.1 Å². The summed E-state index contributed by atoms with van der Waals surface area (Å²) in [6, 6.07) is 14.3. The molecular formula is C14H14BrN3. The van der Waals surface area contributed by atoms with Gasteiger partial charge >= 0.3 is 0 Å². The molecule has 0 bridgehead atoms. The summed E-state index contributed by atoms with van der Waals surface area (Å²) >= 11 is 3.50. The average molecular weight is 304 g/mol. The van der Waals surface area contributed by atoms with Crippen molar-refractivity contribution in [2.75, 3.05) is 29.0 Å². The second-order valence-corrected chi connectivity index (χ2v) is 5.25. The highest BCUT2D eigenvalue weighted by atomic mass is 79.9. The molecule has 3 rings (SSSR count). The lowest BCUT2D eigenvalue weighted by Gasteiger charge is -2.32. The molecule has 0 aromatic heterocycles. The Morgan fingerprint density at radius 2 is 1.89 bits per heavy atom. The normalized spacial score (nSPS) is 13.9. The zero-order valence-electron chi connectivity index (χ0n) is 9.86. The quantitative estimate of drug-likeness (QED) is 0.791. The Kier molecular flexibility index (Phi) is 2.88. The van der Waals surface area contributed by atoms with Gasteiger partial charge in [0.1, 0.15) is 0 Å². The summed E-state index contributed by atoms with van der Waals surface area (Å²) in [4.78, 5) is 2.30. The molecular weight excluding hydrogens is 290 g/mol. The van der Waals surface area contributed by atoms with Crippen LogP contribution >= 0.6 is 15.9 Å². The first kappa shape index (κ1) is 11.4. The molecule has 1 aliphatic rings. The van der Waals surface area contributed by atoms with Crippen molar-refractivity contribution in [1.82, 2.24) is 0 Å². The highest BCUT2D eigenvalue weighted by molar-refractivity contribution is 9.10. The van der Waals surface area contributed by atoms with Crippen molar-refractivity contribution < 1.29 is 0 Å². The third-order valence-electron chi connectivity index (χ3n) is 3.11. The lowest BCUT2D eigenvalue weighted by molar-refractivity contribution is 0.926. The van der Waals surface area contributed by atoms with Crippen LogP contribution in [-0.2, 0) is 0 Å². The van der Waals surface area contributed by atoms with E-state index in [-0.39, 0.29) is 0 Å². The largest absolute Gasteiger partial charge is 0.399 e. The van der Waals surface area contributed by atoms with Gasteiger partial charge in [0.25, 0.3) is 0 Å². The van der Waals surface area contributed by atoms with Crippen LogP contribution in [0.2, 0.25) is 0 Å². The van der Waals surface area contributed by atoms with Gasteiger partial charge in [0.2, 0.25) is 0 Å². The molecule has 0 spiro atoms. The summed E-state index contributed by atoms with van der Waals surface area (Å²) in [5.41, 5.74) is 10.1. The summed E-state index contributed by atoms with van der Waals surface area (Å²) in [5.74, 6) is 0. The van der Waals surface area contributed by atoms with Gasteiger partial charge in [-0.15, -0.1) is 0 Å². The van der Waals surface area contributed by atoms with E-state index in [1.807, 2.05) is 12.1 Å². The van der Waals surface area contributed by atoms with Crippen molar-refractivity contribution in [3.8, 4) is 0 Å². The topological polar surface area (TPSA) is 41.3 Å². The van der Waals surface area contributed by atoms with E-state index in [1.54, 1.807) is 0 Å². The third-order valence-corrected chi connectivity index (χ3v) is 3.60. The maximum absolute atomic E-state index is 5.73. The van der Waals surface area contributed by atoms with Crippen LogP contribution < -0.4 is 16.0 Å². The van der Waals surface area contributed by atoms with Gasteiger partial charge in [-0.1, -0.05) is 15.9 Å². The molecule has 3 N–H and O–H groups in total. The maximum Gasteiger partial charge on any atom is 0.0647 e. The van der Waals surface area contributed by atoms with Crippen LogP contribution in [0.25, 0.3) is 0 Å². The van der Waals surface area contributed by atoms with E-state index in [0.717, 1.165) is 28.9 Å². The van der Waals surface area contributed by atoms with Crippen molar-refractivity contribution in [1.29, 1.82) is 0 Å². The van der Waals surface area contributed by atoms with Gasteiger partial charge in [0, 0.05) is 28.9 Å². The number of nitrogens with one attached hydrogen (secondary N) is 1. The molecule has 0 fully saturated rings. The van der Waals surface area contributed by atoms with Crippen LogP contribution in [0.1, 0.15) is 0 Å². The third kappa shape index (κ3) is 2.04. The number of nitrogen functional groups attached to an aromatic ring is 1. The van der Waals surface area contributed by atoms with Crippen LogP contribution in [0, 0.1) is 0 Å². The molecule has 18 heavy (non-hydrogen) atoms. The molecule has 1 aliphatic heterocycles. The summed E-state index contributed by atoms with van der Waals surface area (Å²) in [6.07, 6.45) is 0. The number of nitrogens with zero attached hydrogens (tertiary/aromatic N) is 1. The number of fused-ring (bicyclic) bond motifs is 1. The van der Waals surface area contributed by atoms with Crippen LogP contribution in [0.4, 0.5) is 22.7 Å². The van der Waals surface area contributed by atoms with Crippen molar-refractivity contribution in [3.63, 3.8) is 0 Å². The van der Waals surface area contributed by atoms with E-state index in [1.165, 1.54) is 11.4 Å². The number of nitrogens with two attached hydrogens (primary N) is 1. The molecule has 1 heterocycles. The predicted molar refractivity (Wildman–Crippen MR) is 80.5 cm³/mol. The fourth-order valence-electron chi connectivity index (χ4n) is 2.23. The van der Waals surface area contributed by atoms with E-state index in [9.17, 15) is 0 Å². The number of benzene rings is 2. The molecule has 0 saturated carbocycles. The molecule has 3 nitrogen and oxygen atoms in total. The van der Waals surface area contributed by atoms with Gasteiger partial charge in [-0.05, 0) is 42.5 Å². The molecule has 0 amide bonds. The van der Waals surface area contributed by atoms with E-state index in [0.29, 0.717) is 0 Å². The summed E-state index contributed by atoms with van der Waals surface area (Å²) in [7, 11) is 0. The molecule has 92 valence electrons. The number of hydrogen-bond acceptors (Lipinski definition) is 3. The van der Waals surface area contributed by atoms with Crippen LogP contribution in [0.3, 0.4) is 0 Å². The Hall–Kier alpha value is -1.68. The van der Waals surface area contributed by atoms with Crippen molar-refractivity contribution in [2.24, 2.45) is 0 Å². The minimum atomic E-state index is 0.796. The SMILES string of the molecule is Nc1ccc(N2CCNc3cc(Br)ccc32)cc1. The van der Waals surface area contributed by atoms with Crippen LogP contribution in [0.15, 0.2) is 46.9 Å². The fourth-order valence-corrected chi connectivity index (χ4v) is 2.59. The Bertz CT molecular complexity index is 566. The van der Waals surface area contributed by atoms with Gasteiger partial charge in [-0.25, -0.2) is 0 Å². The van der Waals surface area contributed by atoms with Crippen molar-refractivity contribution in [2.45, 2.75) is 0 Å².